The predicted molar refractivity (Wildman–Crippen MR) is 80.9 cm³/mol. The van der Waals surface area contributed by atoms with E-state index in [1.54, 1.807) is 0 Å². The van der Waals surface area contributed by atoms with E-state index in [1.807, 2.05) is 19.9 Å². The average Bonchev–Trinajstić information content (AvgIpc) is 2.81. The summed E-state index contributed by atoms with van der Waals surface area (Å²) in [5.41, 5.74) is 7.51. The van der Waals surface area contributed by atoms with Gasteiger partial charge in [-0.2, -0.15) is 10.1 Å². The quantitative estimate of drug-likeness (QED) is 0.565. The molecule has 6 heteroatoms. The molecule has 0 spiro atoms. The second kappa shape index (κ2) is 4.88. The largest absolute Gasteiger partial charge is 0.338 e. The first-order valence-corrected chi connectivity index (χ1v) is 6.59. The Labute approximate surface area is 116 Å². The molecule has 0 saturated heterocycles. The summed E-state index contributed by atoms with van der Waals surface area (Å²) in [6, 6.07) is 6.16. The fourth-order valence-electron chi connectivity index (χ4n) is 1.96. The lowest BCUT2D eigenvalue weighted by Gasteiger charge is -1.98. The zero-order chi connectivity index (χ0) is 14.1. The highest BCUT2D eigenvalue weighted by Crippen LogP contribution is 2.23. The van der Waals surface area contributed by atoms with Crippen molar-refractivity contribution in [2.45, 2.75) is 27.2 Å². The molecular weight excluding hydrogens is 252 g/mol. The molecule has 0 radical (unpaired) electrons. The maximum atomic E-state index is 4.40. The lowest BCUT2D eigenvalue weighted by atomic mass is 10.2. The first-order valence-electron chi connectivity index (χ1n) is 6.59. The number of benzene rings is 1. The van der Waals surface area contributed by atoms with Crippen molar-refractivity contribution in [1.29, 1.82) is 0 Å². The number of H-pyrrole nitrogens is 1. The van der Waals surface area contributed by atoms with E-state index in [9.17, 15) is 0 Å². The van der Waals surface area contributed by atoms with E-state index in [-0.39, 0.29) is 0 Å². The number of hydrogen-bond acceptors (Lipinski definition) is 5. The molecule has 0 bridgehead atoms. The summed E-state index contributed by atoms with van der Waals surface area (Å²) >= 11 is 0. The van der Waals surface area contributed by atoms with Crippen molar-refractivity contribution in [3.8, 4) is 0 Å². The minimum absolute atomic E-state index is 0.397. The molecule has 0 amide bonds. The molecule has 3 aromatic rings. The zero-order valence-corrected chi connectivity index (χ0v) is 11.7. The fourth-order valence-corrected chi connectivity index (χ4v) is 1.96. The number of aromatic nitrogens is 4. The van der Waals surface area contributed by atoms with Crippen molar-refractivity contribution in [2.24, 2.45) is 5.10 Å². The maximum absolute atomic E-state index is 4.40. The summed E-state index contributed by atoms with van der Waals surface area (Å²) in [6.07, 6.45) is 0.883. The highest BCUT2D eigenvalue weighted by atomic mass is 15.4. The van der Waals surface area contributed by atoms with Crippen molar-refractivity contribution >= 4 is 33.7 Å². The summed E-state index contributed by atoms with van der Waals surface area (Å²) < 4.78 is 0. The van der Waals surface area contributed by atoms with Crippen LogP contribution in [-0.4, -0.2) is 25.9 Å². The van der Waals surface area contributed by atoms with Crippen LogP contribution in [0.15, 0.2) is 23.3 Å². The second-order valence-electron chi connectivity index (χ2n) is 4.82. The Morgan fingerprint density at radius 2 is 2.20 bits per heavy atom. The molecule has 0 aliphatic carbocycles. The summed E-state index contributed by atoms with van der Waals surface area (Å²) in [7, 11) is 0. The third-order valence-electron chi connectivity index (χ3n) is 3.23. The molecule has 6 nitrogen and oxygen atoms in total. The lowest BCUT2D eigenvalue weighted by molar-refractivity contribution is 1.00. The third-order valence-corrected chi connectivity index (χ3v) is 3.23. The number of fused-ring (bicyclic) bond motifs is 3. The number of aryl methyl sites for hydroxylation is 1. The SMILES string of the molecule is CC/C(C)=N/Nc1nnc2c(n1)[nH]c1ccc(C)cc12. The number of nitrogens with one attached hydrogen (secondary N) is 2. The van der Waals surface area contributed by atoms with Crippen LogP contribution in [0.4, 0.5) is 5.95 Å². The molecular formula is C14H16N6. The molecule has 0 saturated carbocycles. The van der Waals surface area contributed by atoms with Crippen LogP contribution in [0.25, 0.3) is 22.1 Å². The Kier molecular flexibility index (Phi) is 3.06. The predicted octanol–water partition coefficient (Wildman–Crippen LogP) is 3.01. The van der Waals surface area contributed by atoms with E-state index in [0.717, 1.165) is 28.6 Å². The Balaban J connectivity index is 2.05. The van der Waals surface area contributed by atoms with E-state index in [1.165, 1.54) is 5.56 Å². The van der Waals surface area contributed by atoms with Crippen LogP contribution in [-0.2, 0) is 0 Å². The monoisotopic (exact) mass is 268 g/mol. The number of aromatic amines is 1. The minimum Gasteiger partial charge on any atom is -0.338 e. The average molecular weight is 268 g/mol. The summed E-state index contributed by atoms with van der Waals surface area (Å²) in [5.74, 6) is 0.397. The van der Waals surface area contributed by atoms with Crippen LogP contribution < -0.4 is 5.43 Å². The van der Waals surface area contributed by atoms with Gasteiger partial charge in [0, 0.05) is 16.6 Å². The number of hydrazone groups is 1. The zero-order valence-electron chi connectivity index (χ0n) is 11.7. The summed E-state index contributed by atoms with van der Waals surface area (Å²) in [4.78, 5) is 7.65. The van der Waals surface area contributed by atoms with Crippen LogP contribution in [0.1, 0.15) is 25.8 Å². The molecule has 0 aliphatic rings. The highest BCUT2D eigenvalue weighted by Gasteiger charge is 2.08. The minimum atomic E-state index is 0.397. The number of anilines is 1. The molecule has 0 unspecified atom stereocenters. The van der Waals surface area contributed by atoms with Gasteiger partial charge in [-0.3, -0.25) is 0 Å². The third kappa shape index (κ3) is 2.20. The maximum Gasteiger partial charge on any atom is 0.265 e. The molecule has 2 aromatic heterocycles. The van der Waals surface area contributed by atoms with Gasteiger partial charge in [-0.15, -0.1) is 10.2 Å². The van der Waals surface area contributed by atoms with Crippen molar-refractivity contribution in [2.75, 3.05) is 5.43 Å². The number of hydrogen-bond donors (Lipinski definition) is 2. The van der Waals surface area contributed by atoms with Gasteiger partial charge < -0.3 is 4.98 Å². The van der Waals surface area contributed by atoms with Gasteiger partial charge in [-0.05, 0) is 32.4 Å². The normalized spacial score (nSPS) is 12.2. The van der Waals surface area contributed by atoms with E-state index in [0.29, 0.717) is 11.6 Å². The van der Waals surface area contributed by atoms with E-state index in [2.05, 4.69) is 49.7 Å². The molecule has 1 aromatic carbocycles. The Hall–Kier alpha value is -2.50. The highest BCUT2D eigenvalue weighted by molar-refractivity contribution is 6.03. The van der Waals surface area contributed by atoms with E-state index in [4.69, 9.17) is 0 Å². The Morgan fingerprint density at radius 1 is 1.35 bits per heavy atom. The second-order valence-corrected chi connectivity index (χ2v) is 4.82. The van der Waals surface area contributed by atoms with Gasteiger partial charge in [0.1, 0.15) is 5.52 Å². The van der Waals surface area contributed by atoms with Gasteiger partial charge in [-0.25, -0.2) is 5.43 Å². The van der Waals surface area contributed by atoms with Gasteiger partial charge in [0.2, 0.25) is 0 Å². The van der Waals surface area contributed by atoms with Gasteiger partial charge >= 0.3 is 0 Å². The molecule has 0 aliphatic heterocycles. The molecule has 2 N–H and O–H groups in total. The standard InChI is InChI=1S/C14H16N6/c1-4-9(3)17-19-14-16-13-12(18-20-14)10-7-8(2)5-6-11(10)15-13/h5-7H,4H2,1-3H3,(H2,15,16,19,20)/b17-9+. The number of rotatable bonds is 3. The molecule has 3 rings (SSSR count). The Bertz CT molecular complexity index is 802. The van der Waals surface area contributed by atoms with Crippen molar-refractivity contribution in [1.82, 2.24) is 20.2 Å². The fraction of sp³-hybridized carbons (Fsp3) is 0.286. The van der Waals surface area contributed by atoms with E-state index < -0.39 is 0 Å². The van der Waals surface area contributed by atoms with Crippen LogP contribution in [0, 0.1) is 6.92 Å². The molecule has 0 atom stereocenters. The molecule has 20 heavy (non-hydrogen) atoms. The smallest absolute Gasteiger partial charge is 0.265 e. The van der Waals surface area contributed by atoms with Gasteiger partial charge in [-0.1, -0.05) is 18.6 Å². The van der Waals surface area contributed by atoms with Crippen LogP contribution in [0.3, 0.4) is 0 Å². The first-order chi connectivity index (χ1) is 9.67. The van der Waals surface area contributed by atoms with Crippen LogP contribution >= 0.6 is 0 Å². The van der Waals surface area contributed by atoms with E-state index >= 15 is 0 Å². The van der Waals surface area contributed by atoms with Crippen molar-refractivity contribution in [3.63, 3.8) is 0 Å². The lowest BCUT2D eigenvalue weighted by Crippen LogP contribution is -2.01. The van der Waals surface area contributed by atoms with Crippen molar-refractivity contribution in [3.05, 3.63) is 23.8 Å². The topological polar surface area (TPSA) is 78.8 Å². The van der Waals surface area contributed by atoms with Crippen molar-refractivity contribution < 1.29 is 0 Å². The molecule has 0 fully saturated rings. The van der Waals surface area contributed by atoms with Gasteiger partial charge in [0.25, 0.3) is 5.95 Å². The molecule has 102 valence electrons. The summed E-state index contributed by atoms with van der Waals surface area (Å²) in [6.45, 7) is 6.05. The van der Waals surface area contributed by atoms with Gasteiger partial charge in [0.15, 0.2) is 5.65 Å². The summed E-state index contributed by atoms with van der Waals surface area (Å²) in [5, 5.41) is 13.5. The van der Waals surface area contributed by atoms with Crippen LogP contribution in [0.5, 0.6) is 0 Å². The van der Waals surface area contributed by atoms with Gasteiger partial charge in [0.05, 0.1) is 0 Å². The Morgan fingerprint density at radius 3 is 3.00 bits per heavy atom. The molecule has 2 heterocycles. The van der Waals surface area contributed by atoms with Crippen LogP contribution in [0.2, 0.25) is 0 Å². The first kappa shape index (κ1) is 12.5. The number of nitrogens with zero attached hydrogens (tertiary/aromatic N) is 4.